The van der Waals surface area contributed by atoms with Gasteiger partial charge in [-0.15, -0.1) is 0 Å². The number of carbonyl (C=O) groups is 2. The number of aliphatic carboxylic acids is 1. The van der Waals surface area contributed by atoms with Gasteiger partial charge in [-0.3, -0.25) is 14.7 Å². The number of carbonyl (C=O) groups excluding carboxylic acids is 1. The maximum atomic E-state index is 11.6. The Hall–Kier alpha value is -1.85. The van der Waals surface area contributed by atoms with E-state index in [-0.39, 0.29) is 12.5 Å². The van der Waals surface area contributed by atoms with Gasteiger partial charge in [0.1, 0.15) is 5.69 Å². The Balaban J connectivity index is 2.65. The van der Waals surface area contributed by atoms with Gasteiger partial charge in [-0.25, -0.2) is 0 Å². The molecule has 0 bridgehead atoms. The summed E-state index contributed by atoms with van der Waals surface area (Å²) >= 11 is 0. The molecule has 6 heteroatoms. The van der Waals surface area contributed by atoms with Crippen molar-refractivity contribution >= 4 is 11.9 Å². The van der Waals surface area contributed by atoms with E-state index >= 15 is 0 Å². The minimum absolute atomic E-state index is 0.118. The lowest BCUT2D eigenvalue weighted by atomic mass is 9.82. The SMILES string of the molecule is CCC(CC)(CNC(=O)c1ccn[nH]1)C(=O)O. The fraction of sp³-hybridized carbons (Fsp3) is 0.545. The normalized spacial score (nSPS) is 11.2. The molecule has 0 unspecified atom stereocenters. The van der Waals surface area contributed by atoms with E-state index in [9.17, 15) is 14.7 Å². The molecule has 0 aliphatic carbocycles. The summed E-state index contributed by atoms with van der Waals surface area (Å²) in [5, 5.41) is 18.0. The van der Waals surface area contributed by atoms with Gasteiger partial charge in [0.25, 0.3) is 5.91 Å². The number of hydrogen-bond donors (Lipinski definition) is 3. The Morgan fingerprint density at radius 1 is 1.47 bits per heavy atom. The first-order chi connectivity index (χ1) is 8.05. The van der Waals surface area contributed by atoms with Crippen LogP contribution in [0.25, 0.3) is 0 Å². The number of carboxylic acids is 1. The van der Waals surface area contributed by atoms with E-state index in [0.717, 1.165) is 0 Å². The Bertz CT molecular complexity index is 383. The monoisotopic (exact) mass is 239 g/mol. The molecule has 0 aliphatic rings. The fourth-order valence-electron chi connectivity index (χ4n) is 1.61. The van der Waals surface area contributed by atoms with Crippen LogP contribution in [0.5, 0.6) is 0 Å². The number of H-pyrrole nitrogens is 1. The number of carboxylic acid groups (broad SMARTS) is 1. The van der Waals surface area contributed by atoms with Gasteiger partial charge >= 0.3 is 5.97 Å². The Kier molecular flexibility index (Phi) is 4.25. The van der Waals surface area contributed by atoms with Crippen LogP contribution in [0, 0.1) is 5.41 Å². The average molecular weight is 239 g/mol. The molecule has 94 valence electrons. The molecule has 0 saturated heterocycles. The molecule has 0 aromatic carbocycles. The number of nitrogens with one attached hydrogen (secondary N) is 2. The molecular formula is C11H17N3O3. The quantitative estimate of drug-likeness (QED) is 0.691. The Labute approximate surface area is 99.4 Å². The lowest BCUT2D eigenvalue weighted by Crippen LogP contribution is -2.42. The molecule has 0 radical (unpaired) electrons. The minimum atomic E-state index is -0.893. The van der Waals surface area contributed by atoms with E-state index < -0.39 is 11.4 Å². The molecule has 1 amide bonds. The highest BCUT2D eigenvalue weighted by Gasteiger charge is 2.35. The number of aromatic amines is 1. The van der Waals surface area contributed by atoms with Crippen molar-refractivity contribution < 1.29 is 14.7 Å². The average Bonchev–Trinajstić information content (AvgIpc) is 2.84. The molecule has 0 fully saturated rings. The van der Waals surface area contributed by atoms with E-state index in [1.165, 1.54) is 12.3 Å². The summed E-state index contributed by atoms with van der Waals surface area (Å²) in [7, 11) is 0. The highest BCUT2D eigenvalue weighted by atomic mass is 16.4. The van der Waals surface area contributed by atoms with Crippen LogP contribution in [0.1, 0.15) is 37.2 Å². The number of nitrogens with zero attached hydrogens (tertiary/aromatic N) is 1. The van der Waals surface area contributed by atoms with Gasteiger partial charge in [-0.2, -0.15) is 5.10 Å². The van der Waals surface area contributed by atoms with Crippen LogP contribution < -0.4 is 5.32 Å². The van der Waals surface area contributed by atoms with E-state index in [4.69, 9.17) is 0 Å². The highest BCUT2D eigenvalue weighted by Crippen LogP contribution is 2.25. The minimum Gasteiger partial charge on any atom is -0.481 e. The first kappa shape index (κ1) is 13.2. The number of rotatable bonds is 6. The van der Waals surface area contributed by atoms with Crippen molar-refractivity contribution in [2.24, 2.45) is 5.41 Å². The maximum Gasteiger partial charge on any atom is 0.311 e. The summed E-state index contributed by atoms with van der Waals surface area (Å²) in [6.45, 7) is 3.73. The predicted octanol–water partition coefficient (Wildman–Crippen LogP) is 1.03. The highest BCUT2D eigenvalue weighted by molar-refractivity contribution is 5.92. The van der Waals surface area contributed by atoms with Gasteiger partial charge in [-0.05, 0) is 18.9 Å². The van der Waals surface area contributed by atoms with Crippen LogP contribution in [0.15, 0.2) is 12.3 Å². The third-order valence-electron chi connectivity index (χ3n) is 3.14. The smallest absolute Gasteiger partial charge is 0.311 e. The molecule has 0 spiro atoms. The van der Waals surface area contributed by atoms with Crippen LogP contribution in [-0.4, -0.2) is 33.7 Å². The van der Waals surface area contributed by atoms with E-state index in [2.05, 4.69) is 15.5 Å². The Morgan fingerprint density at radius 2 is 2.12 bits per heavy atom. The molecule has 0 atom stereocenters. The lowest BCUT2D eigenvalue weighted by Gasteiger charge is -2.26. The summed E-state index contributed by atoms with van der Waals surface area (Å²) in [6, 6.07) is 1.54. The van der Waals surface area contributed by atoms with E-state index in [1.54, 1.807) is 13.8 Å². The van der Waals surface area contributed by atoms with Gasteiger partial charge in [0.05, 0.1) is 5.41 Å². The molecular weight excluding hydrogens is 222 g/mol. The van der Waals surface area contributed by atoms with Crippen molar-refractivity contribution in [2.45, 2.75) is 26.7 Å². The van der Waals surface area contributed by atoms with Crippen molar-refractivity contribution in [3.05, 3.63) is 18.0 Å². The second kappa shape index (κ2) is 5.47. The van der Waals surface area contributed by atoms with Gasteiger partial charge in [-0.1, -0.05) is 13.8 Å². The van der Waals surface area contributed by atoms with Gasteiger partial charge in [0, 0.05) is 12.7 Å². The molecule has 17 heavy (non-hydrogen) atoms. The largest absolute Gasteiger partial charge is 0.481 e. The topological polar surface area (TPSA) is 95.1 Å². The van der Waals surface area contributed by atoms with E-state index in [0.29, 0.717) is 18.5 Å². The summed E-state index contributed by atoms with van der Waals surface area (Å²) in [4.78, 5) is 22.8. The van der Waals surface area contributed by atoms with E-state index in [1.807, 2.05) is 0 Å². The standard InChI is InChI=1S/C11H17N3O3/c1-3-11(4-2,10(16)17)7-12-9(15)8-5-6-13-14-8/h5-6H,3-4,7H2,1-2H3,(H,12,15)(H,13,14)(H,16,17). The van der Waals surface area contributed by atoms with Gasteiger partial charge in [0.2, 0.25) is 0 Å². The van der Waals surface area contributed by atoms with Crippen molar-refractivity contribution in [2.75, 3.05) is 6.54 Å². The van der Waals surface area contributed by atoms with Crippen LogP contribution in [-0.2, 0) is 4.79 Å². The zero-order chi connectivity index (χ0) is 12.9. The second-order valence-electron chi connectivity index (χ2n) is 3.95. The molecule has 1 rings (SSSR count). The van der Waals surface area contributed by atoms with Gasteiger partial charge < -0.3 is 10.4 Å². The molecule has 3 N–H and O–H groups in total. The maximum absolute atomic E-state index is 11.6. The summed E-state index contributed by atoms with van der Waals surface area (Å²) in [5.74, 6) is -1.22. The van der Waals surface area contributed by atoms with Crippen LogP contribution in [0.4, 0.5) is 0 Å². The summed E-state index contributed by atoms with van der Waals surface area (Å²) < 4.78 is 0. The molecule has 0 aliphatic heterocycles. The van der Waals surface area contributed by atoms with Crippen LogP contribution >= 0.6 is 0 Å². The van der Waals surface area contributed by atoms with Crippen molar-refractivity contribution in [3.8, 4) is 0 Å². The first-order valence-corrected chi connectivity index (χ1v) is 5.56. The van der Waals surface area contributed by atoms with Crippen molar-refractivity contribution in [1.29, 1.82) is 0 Å². The zero-order valence-electron chi connectivity index (χ0n) is 9.99. The number of amides is 1. The Morgan fingerprint density at radius 3 is 2.53 bits per heavy atom. The lowest BCUT2D eigenvalue weighted by molar-refractivity contribution is -0.149. The van der Waals surface area contributed by atoms with Crippen molar-refractivity contribution in [3.63, 3.8) is 0 Å². The predicted molar refractivity (Wildman–Crippen MR) is 61.6 cm³/mol. The number of hydrogen-bond acceptors (Lipinski definition) is 3. The third-order valence-corrected chi connectivity index (χ3v) is 3.14. The molecule has 1 aromatic heterocycles. The van der Waals surface area contributed by atoms with Gasteiger partial charge in [0.15, 0.2) is 0 Å². The summed E-state index contributed by atoms with van der Waals surface area (Å²) in [5.41, 5.74) is -0.563. The van der Waals surface area contributed by atoms with Crippen LogP contribution in [0.3, 0.4) is 0 Å². The molecule has 0 saturated carbocycles. The number of aromatic nitrogens is 2. The van der Waals surface area contributed by atoms with Crippen LogP contribution in [0.2, 0.25) is 0 Å². The summed E-state index contributed by atoms with van der Waals surface area (Å²) in [6.07, 6.45) is 2.42. The molecule has 1 heterocycles. The second-order valence-corrected chi connectivity index (χ2v) is 3.95. The first-order valence-electron chi connectivity index (χ1n) is 5.56. The molecule has 1 aromatic rings. The molecule has 6 nitrogen and oxygen atoms in total. The van der Waals surface area contributed by atoms with Crippen molar-refractivity contribution in [1.82, 2.24) is 15.5 Å². The fourth-order valence-corrected chi connectivity index (χ4v) is 1.61. The third kappa shape index (κ3) is 2.83. The zero-order valence-corrected chi connectivity index (χ0v) is 9.99.